The van der Waals surface area contributed by atoms with E-state index in [1.807, 2.05) is 12.1 Å². The van der Waals surface area contributed by atoms with E-state index in [1.165, 1.54) is 17.6 Å². The lowest BCUT2D eigenvalue weighted by Gasteiger charge is -2.12. The largest absolute Gasteiger partial charge is 0.491 e. The van der Waals surface area contributed by atoms with Gasteiger partial charge in [0, 0.05) is 23.7 Å². The average molecular weight is 442 g/mol. The fourth-order valence-corrected chi connectivity index (χ4v) is 3.93. The van der Waals surface area contributed by atoms with Crippen molar-refractivity contribution < 1.29 is 23.5 Å². The number of aryl methyl sites for hydroxylation is 1. The first kappa shape index (κ1) is 21.1. The minimum Gasteiger partial charge on any atom is -0.491 e. The second kappa shape index (κ2) is 9.76. The van der Waals surface area contributed by atoms with E-state index in [4.69, 9.17) is 13.9 Å². The van der Waals surface area contributed by atoms with Crippen LogP contribution in [-0.4, -0.2) is 36.1 Å². The predicted molar refractivity (Wildman–Crippen MR) is 117 cm³/mol. The summed E-state index contributed by atoms with van der Waals surface area (Å²) in [4.78, 5) is 29.0. The molecule has 2 amide bonds. The van der Waals surface area contributed by atoms with E-state index in [1.54, 1.807) is 30.5 Å². The molecule has 3 aromatic rings. The van der Waals surface area contributed by atoms with Crippen LogP contribution in [0.25, 0.3) is 0 Å². The lowest BCUT2D eigenvalue weighted by atomic mass is 10.2. The number of nitrogens with one attached hydrogen (secondary N) is 2. The van der Waals surface area contributed by atoms with Crippen LogP contribution in [0.15, 0.2) is 46.4 Å². The Morgan fingerprint density at radius 1 is 1.29 bits per heavy atom. The molecule has 0 saturated carbocycles. The zero-order valence-corrected chi connectivity index (χ0v) is 17.9. The monoisotopic (exact) mass is 441 g/mol. The Hall–Kier alpha value is -3.17. The van der Waals surface area contributed by atoms with Gasteiger partial charge < -0.3 is 19.2 Å². The lowest BCUT2D eigenvalue weighted by Crippen LogP contribution is -2.17. The Labute approximate surface area is 183 Å². The number of ether oxygens (including phenoxy) is 2. The maximum Gasteiger partial charge on any atom is 0.260 e. The average Bonchev–Trinajstić information content (AvgIpc) is 3.49. The molecule has 1 aromatic carbocycles. The van der Waals surface area contributed by atoms with Gasteiger partial charge >= 0.3 is 0 Å². The van der Waals surface area contributed by atoms with Gasteiger partial charge in [-0.15, -0.1) is 11.3 Å². The Balaban J connectivity index is 1.28. The van der Waals surface area contributed by atoms with E-state index in [0.29, 0.717) is 40.2 Å². The van der Waals surface area contributed by atoms with Crippen molar-refractivity contribution in [3.63, 3.8) is 0 Å². The summed E-state index contributed by atoms with van der Waals surface area (Å²) in [6, 6.07) is 8.87. The second-order valence-electron chi connectivity index (χ2n) is 7.19. The highest BCUT2D eigenvalue weighted by Crippen LogP contribution is 2.21. The van der Waals surface area contributed by atoms with Crippen molar-refractivity contribution in [1.82, 2.24) is 4.98 Å². The topological polar surface area (TPSA) is 103 Å². The van der Waals surface area contributed by atoms with Crippen molar-refractivity contribution >= 4 is 34.0 Å². The number of benzene rings is 1. The van der Waals surface area contributed by atoms with Gasteiger partial charge in [0.25, 0.3) is 5.91 Å². The molecule has 1 saturated heterocycles. The molecule has 1 aliphatic rings. The predicted octanol–water partition coefficient (Wildman–Crippen LogP) is 4.04. The van der Waals surface area contributed by atoms with Gasteiger partial charge in [0.1, 0.15) is 18.1 Å². The number of thiazole rings is 1. The Morgan fingerprint density at radius 3 is 2.97 bits per heavy atom. The van der Waals surface area contributed by atoms with Crippen LogP contribution in [0.3, 0.4) is 0 Å². The zero-order valence-electron chi connectivity index (χ0n) is 17.1. The van der Waals surface area contributed by atoms with E-state index in [9.17, 15) is 9.59 Å². The van der Waals surface area contributed by atoms with Gasteiger partial charge in [-0.25, -0.2) is 4.98 Å². The smallest absolute Gasteiger partial charge is 0.260 e. The molecule has 31 heavy (non-hydrogen) atoms. The molecule has 1 fully saturated rings. The second-order valence-corrected chi connectivity index (χ2v) is 8.05. The third kappa shape index (κ3) is 5.71. The van der Waals surface area contributed by atoms with Crippen LogP contribution in [0, 0.1) is 6.92 Å². The molecule has 2 aromatic heterocycles. The summed E-state index contributed by atoms with van der Waals surface area (Å²) >= 11 is 1.26. The quantitative estimate of drug-likeness (QED) is 0.547. The Bertz CT molecular complexity index is 1050. The van der Waals surface area contributed by atoms with Crippen LogP contribution < -0.4 is 15.4 Å². The van der Waals surface area contributed by atoms with Crippen molar-refractivity contribution in [2.24, 2.45) is 0 Å². The molecule has 0 aliphatic carbocycles. The van der Waals surface area contributed by atoms with E-state index in [-0.39, 0.29) is 24.3 Å². The molecule has 4 rings (SSSR count). The fourth-order valence-electron chi connectivity index (χ4n) is 3.23. The number of furan rings is 1. The molecule has 3 heterocycles. The number of carbonyl (C=O) groups is 2. The third-order valence-electron chi connectivity index (χ3n) is 4.80. The third-order valence-corrected chi connectivity index (χ3v) is 5.60. The van der Waals surface area contributed by atoms with Crippen molar-refractivity contribution in [3.8, 4) is 5.75 Å². The van der Waals surface area contributed by atoms with Crippen LogP contribution in [0.4, 0.5) is 10.8 Å². The van der Waals surface area contributed by atoms with Crippen LogP contribution in [0.1, 0.15) is 34.7 Å². The van der Waals surface area contributed by atoms with Gasteiger partial charge in [-0.1, -0.05) is 6.07 Å². The summed E-state index contributed by atoms with van der Waals surface area (Å²) in [7, 11) is 0. The van der Waals surface area contributed by atoms with Crippen LogP contribution in [-0.2, 0) is 16.0 Å². The van der Waals surface area contributed by atoms with Gasteiger partial charge in [-0.2, -0.15) is 0 Å². The molecule has 9 heteroatoms. The number of rotatable bonds is 8. The molecule has 162 valence electrons. The molecular weight excluding hydrogens is 418 g/mol. The summed E-state index contributed by atoms with van der Waals surface area (Å²) in [5.74, 6) is 0.721. The van der Waals surface area contributed by atoms with Crippen LogP contribution >= 0.6 is 11.3 Å². The summed E-state index contributed by atoms with van der Waals surface area (Å²) in [6.45, 7) is 3.01. The van der Waals surface area contributed by atoms with Gasteiger partial charge in [0.2, 0.25) is 5.91 Å². The lowest BCUT2D eigenvalue weighted by molar-refractivity contribution is -0.115. The number of nitrogens with zero attached hydrogens (tertiary/aromatic N) is 1. The SMILES string of the molecule is Cc1occc1C(=O)Nc1nc(CC(=O)Nc2cccc(OC[C@@H]3CCCO3)c2)cs1. The minimum absolute atomic E-state index is 0.0953. The molecule has 0 unspecified atom stereocenters. The van der Waals surface area contributed by atoms with Gasteiger partial charge in [0.15, 0.2) is 5.13 Å². The van der Waals surface area contributed by atoms with Crippen LogP contribution in [0.2, 0.25) is 0 Å². The molecule has 0 bridgehead atoms. The van der Waals surface area contributed by atoms with Crippen LogP contribution in [0.5, 0.6) is 5.75 Å². The van der Waals surface area contributed by atoms with E-state index in [2.05, 4.69) is 15.6 Å². The van der Waals surface area contributed by atoms with Gasteiger partial charge in [-0.3, -0.25) is 14.9 Å². The Kier molecular flexibility index (Phi) is 6.63. The highest BCUT2D eigenvalue weighted by atomic mass is 32.1. The molecule has 1 aliphatic heterocycles. The van der Waals surface area contributed by atoms with Gasteiger partial charge in [0.05, 0.1) is 30.0 Å². The summed E-state index contributed by atoms with van der Waals surface area (Å²) in [5.41, 5.74) is 1.68. The van der Waals surface area contributed by atoms with E-state index in [0.717, 1.165) is 19.4 Å². The number of aromatic nitrogens is 1. The maximum atomic E-state index is 12.4. The summed E-state index contributed by atoms with van der Waals surface area (Å²) in [6.07, 6.45) is 3.77. The molecule has 8 nitrogen and oxygen atoms in total. The number of amides is 2. The molecule has 2 N–H and O–H groups in total. The number of hydrogen-bond acceptors (Lipinski definition) is 7. The summed E-state index contributed by atoms with van der Waals surface area (Å²) < 4.78 is 16.5. The maximum absolute atomic E-state index is 12.4. The first-order valence-electron chi connectivity index (χ1n) is 10.0. The number of hydrogen-bond donors (Lipinski definition) is 2. The normalized spacial score (nSPS) is 15.6. The summed E-state index contributed by atoms with van der Waals surface area (Å²) in [5, 5.41) is 7.75. The van der Waals surface area contributed by atoms with Crippen molar-refractivity contribution in [2.45, 2.75) is 32.3 Å². The highest BCUT2D eigenvalue weighted by Gasteiger charge is 2.17. The first-order chi connectivity index (χ1) is 15.1. The van der Waals surface area contributed by atoms with E-state index >= 15 is 0 Å². The first-order valence-corrected chi connectivity index (χ1v) is 10.9. The molecule has 0 spiro atoms. The molecular formula is C22H23N3O5S. The number of carbonyl (C=O) groups excluding carboxylic acids is 2. The van der Waals surface area contributed by atoms with Gasteiger partial charge in [-0.05, 0) is 38.0 Å². The minimum atomic E-state index is -0.295. The van der Waals surface area contributed by atoms with E-state index < -0.39 is 0 Å². The standard InChI is InChI=1S/C22H23N3O5S/c1-14-19(7-9-28-14)21(27)25-22-24-16(13-31-22)11-20(26)23-15-4-2-5-17(10-15)30-12-18-6-3-8-29-18/h2,4-5,7,9-10,13,18H,3,6,8,11-12H2,1H3,(H,23,26)(H,24,25,27)/t18-/m0/s1. The fraction of sp³-hybridized carbons (Fsp3) is 0.318. The zero-order chi connectivity index (χ0) is 21.6. The van der Waals surface area contributed by atoms with Crippen molar-refractivity contribution in [3.05, 3.63) is 59.0 Å². The molecule has 0 radical (unpaired) electrons. The Morgan fingerprint density at radius 2 is 2.19 bits per heavy atom. The van der Waals surface area contributed by atoms with Crippen molar-refractivity contribution in [1.29, 1.82) is 0 Å². The highest BCUT2D eigenvalue weighted by molar-refractivity contribution is 7.14. The number of anilines is 2. The van der Waals surface area contributed by atoms with Crippen molar-refractivity contribution in [2.75, 3.05) is 23.8 Å². The molecule has 1 atom stereocenters.